The van der Waals surface area contributed by atoms with Gasteiger partial charge in [0.25, 0.3) is 0 Å². The summed E-state index contributed by atoms with van der Waals surface area (Å²) < 4.78 is 1.72. The van der Waals surface area contributed by atoms with Gasteiger partial charge in [0, 0.05) is 0 Å². The number of Topliss-reactive ketones (excluding diaryl/α,β-unsaturated/α-hetero) is 1. The molecule has 0 spiro atoms. The number of nitrogens with zero attached hydrogens (tertiary/aromatic N) is 5. The molecule has 0 aliphatic carbocycles. The van der Waals surface area contributed by atoms with Crippen LogP contribution in [0.15, 0.2) is 11.1 Å². The second kappa shape index (κ2) is 7.89. The van der Waals surface area contributed by atoms with Gasteiger partial charge in [0.2, 0.25) is 0 Å². The number of hydrogen-bond acceptors (Lipinski definition) is 5. The van der Waals surface area contributed by atoms with Gasteiger partial charge in [-0.25, -0.2) is 0 Å². The van der Waals surface area contributed by atoms with Crippen molar-refractivity contribution in [2.45, 2.75) is 20.8 Å². The number of rotatable bonds is 7. The normalized spacial score (nSPS) is 10.5. The third kappa shape index (κ3) is 5.39. The van der Waals surface area contributed by atoms with E-state index in [1.54, 1.807) is 11.4 Å². The van der Waals surface area contributed by atoms with Crippen LogP contribution in [0.4, 0.5) is 11.8 Å². The van der Waals surface area contributed by atoms with Gasteiger partial charge in [-0.2, -0.15) is 0 Å². The van der Waals surface area contributed by atoms with Crippen LogP contribution < -0.4 is 4.90 Å². The summed E-state index contributed by atoms with van der Waals surface area (Å²) in [7, 11) is 0. The van der Waals surface area contributed by atoms with Crippen molar-refractivity contribution in [3.05, 3.63) is 17.1 Å². The fourth-order valence-electron chi connectivity index (χ4n) is 1.49. The Hall–Kier alpha value is -1.42. The molecule has 1 rings (SSSR count). The maximum atomic E-state index is 11.2. The molecule has 7 heteroatoms. The molecule has 0 amide bonds. The Labute approximate surface area is 123 Å². The number of ketones is 1. The minimum absolute atomic E-state index is 0.0988. The number of carbonyl (C=O) groups is 1. The van der Waals surface area contributed by atoms with E-state index in [0.29, 0.717) is 24.9 Å². The van der Waals surface area contributed by atoms with Crippen LogP contribution in [0.1, 0.15) is 19.5 Å². The van der Waals surface area contributed by atoms with Gasteiger partial charge >= 0.3 is 123 Å². The summed E-state index contributed by atoms with van der Waals surface area (Å²) in [5, 5.41) is 4.07. The van der Waals surface area contributed by atoms with Crippen LogP contribution in [0.25, 0.3) is 5.32 Å². The van der Waals surface area contributed by atoms with E-state index in [9.17, 15) is 4.79 Å². The Morgan fingerprint density at radius 2 is 2.32 bits per heavy atom. The molecule has 6 nitrogen and oxygen atoms in total. The van der Waals surface area contributed by atoms with Crippen LogP contribution >= 0.6 is 0 Å². The van der Waals surface area contributed by atoms with Crippen molar-refractivity contribution in [1.82, 2.24) is 9.97 Å². The van der Waals surface area contributed by atoms with Gasteiger partial charge in [-0.05, 0) is 0 Å². The van der Waals surface area contributed by atoms with E-state index in [2.05, 4.69) is 20.3 Å². The predicted octanol–water partition coefficient (Wildman–Crippen LogP) is 1.54. The third-order valence-electron chi connectivity index (χ3n) is 2.25. The van der Waals surface area contributed by atoms with Gasteiger partial charge in [0.1, 0.15) is 0 Å². The summed E-state index contributed by atoms with van der Waals surface area (Å²) in [6.07, 6.45) is 1.42. The van der Waals surface area contributed by atoms with Crippen LogP contribution in [0.3, 0.4) is 0 Å². The number of aromatic nitrogens is 2. The molecular weight excluding hydrogens is 414 g/mol. The van der Waals surface area contributed by atoms with E-state index in [0.717, 1.165) is 5.69 Å². The van der Waals surface area contributed by atoms with Crippen molar-refractivity contribution in [2.75, 3.05) is 18.0 Å². The average Bonchev–Trinajstić information content (AvgIpc) is 2.35. The van der Waals surface area contributed by atoms with Crippen molar-refractivity contribution in [3.8, 4) is 0 Å². The number of aliphatic imine (C=N–C) groups is 1. The SMILES string of the molecule is CCN(CC(C)=O)c1cc(C)nc([N-]C=N[CH]=[W])n1. The first-order chi connectivity index (χ1) is 9.06. The molecule has 1 aromatic rings. The van der Waals surface area contributed by atoms with Crippen LogP contribution in [-0.4, -0.2) is 39.7 Å². The number of hydrogen-bond donors (Lipinski definition) is 0. The van der Waals surface area contributed by atoms with Gasteiger partial charge in [-0.1, -0.05) is 0 Å². The summed E-state index contributed by atoms with van der Waals surface area (Å²) in [6, 6.07) is 1.85. The number of aryl methyl sites for hydroxylation is 1. The van der Waals surface area contributed by atoms with E-state index in [1.807, 2.05) is 24.8 Å². The fourth-order valence-corrected chi connectivity index (χ4v) is 1.69. The van der Waals surface area contributed by atoms with Crippen molar-refractivity contribution in [3.63, 3.8) is 0 Å². The van der Waals surface area contributed by atoms with E-state index >= 15 is 0 Å². The molecule has 0 saturated carbocycles. The summed E-state index contributed by atoms with van der Waals surface area (Å²) in [4.78, 5) is 25.6. The zero-order valence-electron chi connectivity index (χ0n) is 11.2. The Bertz CT molecular complexity index is 489. The summed E-state index contributed by atoms with van der Waals surface area (Å²) >= 11 is 1.26. The van der Waals surface area contributed by atoms with Gasteiger partial charge in [0.15, 0.2) is 0 Å². The summed E-state index contributed by atoms with van der Waals surface area (Å²) in [6.45, 7) is 6.46. The molecule has 0 atom stereocenters. The molecule has 0 N–H and O–H groups in total. The van der Waals surface area contributed by atoms with Gasteiger partial charge in [-0.15, -0.1) is 0 Å². The molecule has 0 aliphatic heterocycles. The zero-order valence-corrected chi connectivity index (χ0v) is 14.1. The van der Waals surface area contributed by atoms with Crippen molar-refractivity contribution < 1.29 is 24.1 Å². The monoisotopic (exact) mass is 430 g/mol. The van der Waals surface area contributed by atoms with Crippen molar-refractivity contribution in [1.29, 1.82) is 0 Å². The molecule has 0 bridgehead atoms. The summed E-state index contributed by atoms with van der Waals surface area (Å²) in [5.41, 5.74) is 0.810. The molecule has 0 fully saturated rings. The first kappa shape index (κ1) is 15.6. The molecular formula is C12H16N5OW-. The Morgan fingerprint density at radius 1 is 1.58 bits per heavy atom. The van der Waals surface area contributed by atoms with Gasteiger partial charge in [0.05, 0.1) is 0 Å². The standard InChI is InChI=1S/C12H16N5O.W/c1-5-17(7-10(3)18)11-6-9(2)15-12(16-11)14-8-13-4;/h4,6,8H,5,7H2,1-3H3;/q-1;. The van der Waals surface area contributed by atoms with Crippen molar-refractivity contribution >= 4 is 28.4 Å². The first-order valence-corrected chi connectivity index (χ1v) is 7.52. The summed E-state index contributed by atoms with van der Waals surface area (Å²) in [5.74, 6) is 1.17. The first-order valence-electron chi connectivity index (χ1n) is 5.83. The molecule has 102 valence electrons. The molecule has 0 aromatic carbocycles. The Morgan fingerprint density at radius 3 is 2.89 bits per heavy atom. The molecule has 1 heterocycles. The van der Waals surface area contributed by atoms with Gasteiger partial charge < -0.3 is 0 Å². The predicted molar refractivity (Wildman–Crippen MR) is 72.9 cm³/mol. The van der Waals surface area contributed by atoms with E-state index in [-0.39, 0.29) is 5.78 Å². The topological polar surface area (TPSA) is 72.6 Å². The third-order valence-corrected chi connectivity index (χ3v) is 2.69. The molecule has 19 heavy (non-hydrogen) atoms. The Kier molecular flexibility index (Phi) is 6.49. The minimum atomic E-state index is 0.0988. The van der Waals surface area contributed by atoms with Crippen LogP contribution in [-0.2, 0) is 24.1 Å². The molecule has 0 unspecified atom stereocenters. The quantitative estimate of drug-likeness (QED) is 0.486. The second-order valence-corrected chi connectivity index (χ2v) is 4.64. The Balaban J connectivity index is 2.96. The average molecular weight is 430 g/mol. The second-order valence-electron chi connectivity index (χ2n) is 3.88. The van der Waals surface area contributed by atoms with Crippen LogP contribution in [0.5, 0.6) is 0 Å². The number of likely N-dealkylation sites (N-methyl/N-ethyl adjacent to an activating group) is 1. The van der Waals surface area contributed by atoms with Crippen molar-refractivity contribution in [2.24, 2.45) is 4.99 Å². The van der Waals surface area contributed by atoms with Crippen LogP contribution in [0, 0.1) is 6.92 Å². The zero-order chi connectivity index (χ0) is 14.3. The van der Waals surface area contributed by atoms with E-state index in [4.69, 9.17) is 0 Å². The maximum absolute atomic E-state index is 11.2. The number of anilines is 1. The molecule has 1 aromatic heterocycles. The number of carbonyl (C=O) groups excluding carboxylic acids is 1. The van der Waals surface area contributed by atoms with E-state index in [1.165, 1.54) is 25.7 Å². The molecule has 0 radical (unpaired) electrons. The fraction of sp³-hybridized carbons (Fsp3) is 0.417. The molecule has 0 aliphatic rings. The van der Waals surface area contributed by atoms with Crippen LogP contribution in [0.2, 0.25) is 0 Å². The van der Waals surface area contributed by atoms with E-state index < -0.39 is 0 Å². The van der Waals surface area contributed by atoms with Gasteiger partial charge in [-0.3, -0.25) is 0 Å². The molecule has 0 saturated heterocycles.